The summed E-state index contributed by atoms with van der Waals surface area (Å²) in [6, 6.07) is 9.22. The quantitative estimate of drug-likeness (QED) is 0.837. The van der Waals surface area contributed by atoms with E-state index >= 15 is 0 Å². The molecule has 108 valence electrons. The van der Waals surface area contributed by atoms with Crippen LogP contribution in [0.15, 0.2) is 42.0 Å². The highest BCUT2D eigenvalue weighted by atomic mass is 16.2. The maximum absolute atomic E-state index is 11.9. The van der Waals surface area contributed by atoms with Crippen molar-refractivity contribution in [3.63, 3.8) is 0 Å². The fourth-order valence-corrected chi connectivity index (χ4v) is 1.77. The van der Waals surface area contributed by atoms with Crippen molar-refractivity contribution in [2.75, 3.05) is 14.1 Å². The van der Waals surface area contributed by atoms with Gasteiger partial charge in [-0.1, -0.05) is 35.9 Å². The molecule has 0 saturated heterocycles. The predicted molar refractivity (Wildman–Crippen MR) is 80.1 cm³/mol. The van der Waals surface area contributed by atoms with E-state index in [0.29, 0.717) is 0 Å². The summed E-state index contributed by atoms with van der Waals surface area (Å²) >= 11 is 0. The van der Waals surface area contributed by atoms with Gasteiger partial charge in [0.05, 0.1) is 12.5 Å². The Kier molecular flexibility index (Phi) is 5.97. The van der Waals surface area contributed by atoms with Gasteiger partial charge < -0.3 is 10.2 Å². The summed E-state index contributed by atoms with van der Waals surface area (Å²) in [5.41, 5.74) is 1.85. The maximum Gasteiger partial charge on any atom is 0.244 e. The molecule has 0 spiro atoms. The normalized spacial score (nSPS) is 11.4. The Labute approximate surface area is 120 Å². The standard InChI is InChI=1S/C16H22N2O2/c1-12(2)10-15(19)17-14(11-16(20)18(3)4)13-8-6-5-7-9-13/h5-10,14H,11H2,1-4H3,(H,17,19). The lowest BCUT2D eigenvalue weighted by molar-refractivity contribution is -0.129. The van der Waals surface area contributed by atoms with E-state index in [-0.39, 0.29) is 24.3 Å². The molecular formula is C16H22N2O2. The first-order valence-corrected chi connectivity index (χ1v) is 6.60. The monoisotopic (exact) mass is 274 g/mol. The molecule has 0 aromatic heterocycles. The predicted octanol–water partition coefficient (Wildman–Crippen LogP) is 2.29. The molecule has 1 aromatic carbocycles. The second kappa shape index (κ2) is 7.48. The van der Waals surface area contributed by atoms with Gasteiger partial charge in [0, 0.05) is 20.2 Å². The lowest BCUT2D eigenvalue weighted by Gasteiger charge is -2.20. The van der Waals surface area contributed by atoms with Gasteiger partial charge in [0.25, 0.3) is 0 Å². The largest absolute Gasteiger partial charge is 0.349 e. The van der Waals surface area contributed by atoms with Crippen molar-refractivity contribution >= 4 is 11.8 Å². The molecule has 1 atom stereocenters. The third kappa shape index (κ3) is 5.26. The van der Waals surface area contributed by atoms with Crippen molar-refractivity contribution in [2.45, 2.75) is 26.3 Å². The highest BCUT2D eigenvalue weighted by molar-refractivity contribution is 5.89. The van der Waals surface area contributed by atoms with E-state index in [1.807, 2.05) is 44.2 Å². The van der Waals surface area contributed by atoms with Gasteiger partial charge in [-0.15, -0.1) is 0 Å². The van der Waals surface area contributed by atoms with Crippen LogP contribution in [0.3, 0.4) is 0 Å². The molecule has 4 heteroatoms. The number of amides is 2. The van der Waals surface area contributed by atoms with E-state index in [0.717, 1.165) is 11.1 Å². The zero-order chi connectivity index (χ0) is 15.1. The van der Waals surface area contributed by atoms with Crippen LogP contribution in [0.4, 0.5) is 0 Å². The van der Waals surface area contributed by atoms with Gasteiger partial charge in [-0.2, -0.15) is 0 Å². The van der Waals surface area contributed by atoms with Crippen molar-refractivity contribution < 1.29 is 9.59 Å². The lowest BCUT2D eigenvalue weighted by atomic mass is 10.0. The third-order valence-electron chi connectivity index (χ3n) is 2.82. The van der Waals surface area contributed by atoms with Crippen LogP contribution >= 0.6 is 0 Å². The third-order valence-corrected chi connectivity index (χ3v) is 2.82. The highest BCUT2D eigenvalue weighted by Gasteiger charge is 2.18. The van der Waals surface area contributed by atoms with Crippen LogP contribution in [-0.4, -0.2) is 30.8 Å². The summed E-state index contributed by atoms with van der Waals surface area (Å²) in [5.74, 6) is -0.193. The zero-order valence-corrected chi connectivity index (χ0v) is 12.5. The minimum Gasteiger partial charge on any atom is -0.349 e. The lowest BCUT2D eigenvalue weighted by Crippen LogP contribution is -2.32. The number of rotatable bonds is 5. The zero-order valence-electron chi connectivity index (χ0n) is 12.5. The molecule has 1 aromatic rings. The number of nitrogens with zero attached hydrogens (tertiary/aromatic N) is 1. The number of allylic oxidation sites excluding steroid dienone is 1. The SMILES string of the molecule is CC(C)=CC(=O)NC(CC(=O)N(C)C)c1ccccc1. The Hall–Kier alpha value is -2.10. The molecule has 0 aliphatic carbocycles. The molecule has 0 aliphatic heterocycles. The molecule has 1 unspecified atom stereocenters. The molecule has 1 N–H and O–H groups in total. The van der Waals surface area contributed by atoms with E-state index in [2.05, 4.69) is 5.32 Å². The Bertz CT molecular complexity index is 488. The molecule has 20 heavy (non-hydrogen) atoms. The smallest absolute Gasteiger partial charge is 0.244 e. The number of carbonyl (C=O) groups excluding carboxylic acids is 2. The first-order valence-electron chi connectivity index (χ1n) is 6.60. The Balaban J connectivity index is 2.88. The van der Waals surface area contributed by atoms with Crippen LogP contribution < -0.4 is 5.32 Å². The molecule has 4 nitrogen and oxygen atoms in total. The van der Waals surface area contributed by atoms with Crippen LogP contribution in [0.1, 0.15) is 31.9 Å². The molecule has 0 saturated carbocycles. The van der Waals surface area contributed by atoms with Crippen molar-refractivity contribution in [1.29, 1.82) is 0 Å². The van der Waals surface area contributed by atoms with Crippen molar-refractivity contribution in [2.24, 2.45) is 0 Å². The van der Waals surface area contributed by atoms with Crippen LogP contribution in [0, 0.1) is 0 Å². The van der Waals surface area contributed by atoms with Crippen LogP contribution in [0.25, 0.3) is 0 Å². The molecule has 0 aliphatic rings. The number of benzene rings is 1. The highest BCUT2D eigenvalue weighted by Crippen LogP contribution is 2.17. The first-order chi connectivity index (χ1) is 9.40. The summed E-state index contributed by atoms with van der Waals surface area (Å²) < 4.78 is 0. The Morgan fingerprint density at radius 2 is 1.80 bits per heavy atom. The van der Waals surface area contributed by atoms with Gasteiger partial charge in [0.1, 0.15) is 0 Å². The van der Waals surface area contributed by atoms with Crippen molar-refractivity contribution in [3.05, 3.63) is 47.5 Å². The van der Waals surface area contributed by atoms with Gasteiger partial charge in [0.2, 0.25) is 11.8 Å². The second-order valence-electron chi connectivity index (χ2n) is 5.19. The van der Waals surface area contributed by atoms with E-state index in [9.17, 15) is 9.59 Å². The Morgan fingerprint density at radius 3 is 2.30 bits per heavy atom. The summed E-state index contributed by atoms with van der Waals surface area (Å²) in [7, 11) is 3.42. The number of hydrogen-bond donors (Lipinski definition) is 1. The fourth-order valence-electron chi connectivity index (χ4n) is 1.77. The van der Waals surface area contributed by atoms with Gasteiger partial charge >= 0.3 is 0 Å². The number of hydrogen-bond acceptors (Lipinski definition) is 2. The summed E-state index contributed by atoms with van der Waals surface area (Å²) in [4.78, 5) is 25.3. The van der Waals surface area contributed by atoms with Gasteiger partial charge in [-0.3, -0.25) is 9.59 Å². The van der Waals surface area contributed by atoms with E-state index < -0.39 is 0 Å². The minimum absolute atomic E-state index is 0.0173. The summed E-state index contributed by atoms with van der Waals surface area (Å²) in [6.07, 6.45) is 1.79. The number of nitrogens with one attached hydrogen (secondary N) is 1. The average Bonchev–Trinajstić information content (AvgIpc) is 2.37. The van der Waals surface area contributed by atoms with Gasteiger partial charge in [-0.05, 0) is 19.4 Å². The van der Waals surface area contributed by atoms with Gasteiger partial charge in [-0.25, -0.2) is 0 Å². The molecule has 1 rings (SSSR count). The fraction of sp³-hybridized carbons (Fsp3) is 0.375. The van der Waals surface area contributed by atoms with Crippen LogP contribution in [0.2, 0.25) is 0 Å². The molecule has 0 bridgehead atoms. The molecule has 0 radical (unpaired) electrons. The molecule has 0 heterocycles. The van der Waals surface area contributed by atoms with Crippen LogP contribution in [0.5, 0.6) is 0 Å². The Morgan fingerprint density at radius 1 is 1.20 bits per heavy atom. The number of carbonyl (C=O) groups is 2. The van der Waals surface area contributed by atoms with E-state index in [4.69, 9.17) is 0 Å². The van der Waals surface area contributed by atoms with E-state index in [1.54, 1.807) is 14.1 Å². The van der Waals surface area contributed by atoms with Crippen molar-refractivity contribution in [1.82, 2.24) is 10.2 Å². The van der Waals surface area contributed by atoms with Gasteiger partial charge in [0.15, 0.2) is 0 Å². The second-order valence-corrected chi connectivity index (χ2v) is 5.19. The first kappa shape index (κ1) is 16.0. The molecular weight excluding hydrogens is 252 g/mol. The van der Waals surface area contributed by atoms with Crippen molar-refractivity contribution in [3.8, 4) is 0 Å². The average molecular weight is 274 g/mol. The molecule has 0 fully saturated rings. The summed E-state index contributed by atoms with van der Waals surface area (Å²) in [6.45, 7) is 3.73. The molecule has 2 amide bonds. The topological polar surface area (TPSA) is 49.4 Å². The minimum atomic E-state index is -0.311. The van der Waals surface area contributed by atoms with Crippen LogP contribution in [-0.2, 0) is 9.59 Å². The van der Waals surface area contributed by atoms with E-state index in [1.165, 1.54) is 11.0 Å². The maximum atomic E-state index is 11.9. The summed E-state index contributed by atoms with van der Waals surface area (Å²) in [5, 5.41) is 2.89.